The van der Waals surface area contributed by atoms with Gasteiger partial charge in [-0.15, -0.1) is 0 Å². The number of urea groups is 1. The van der Waals surface area contributed by atoms with Gasteiger partial charge in [-0.25, -0.2) is 4.79 Å². The van der Waals surface area contributed by atoms with E-state index in [1.807, 2.05) is 4.90 Å². The predicted molar refractivity (Wildman–Crippen MR) is 86.3 cm³/mol. The minimum Gasteiger partial charge on any atom is -0.335 e. The number of hydrogen-bond acceptors (Lipinski definition) is 3. The highest BCUT2D eigenvalue weighted by Crippen LogP contribution is 2.18. The van der Waals surface area contributed by atoms with Gasteiger partial charge in [0, 0.05) is 38.3 Å². The molecule has 1 saturated heterocycles. The maximum absolute atomic E-state index is 12.4. The first-order chi connectivity index (χ1) is 10.2. The van der Waals surface area contributed by atoms with Crippen LogP contribution >= 0.6 is 0 Å². The smallest absolute Gasteiger partial charge is 0.317 e. The molecule has 1 unspecified atom stereocenters. The van der Waals surface area contributed by atoms with E-state index in [9.17, 15) is 4.79 Å². The van der Waals surface area contributed by atoms with Gasteiger partial charge in [-0.1, -0.05) is 19.8 Å². The molecule has 0 aromatic carbocycles. The molecule has 3 N–H and O–H groups in total. The third kappa shape index (κ3) is 4.85. The number of rotatable bonds is 5. The highest BCUT2D eigenvalue weighted by Gasteiger charge is 2.25. The van der Waals surface area contributed by atoms with Crippen LogP contribution < -0.4 is 11.1 Å². The normalized spacial score (nSPS) is 23.0. The quantitative estimate of drug-likeness (QED) is 0.813. The Hall–Kier alpha value is -0.810. The molecule has 5 nitrogen and oxygen atoms in total. The second kappa shape index (κ2) is 8.59. The number of hydrogen-bond donors (Lipinski definition) is 2. The Labute approximate surface area is 129 Å². The van der Waals surface area contributed by atoms with Crippen LogP contribution in [0.1, 0.15) is 51.9 Å². The largest absolute Gasteiger partial charge is 0.335 e. The van der Waals surface area contributed by atoms with E-state index in [0.29, 0.717) is 12.1 Å². The van der Waals surface area contributed by atoms with Gasteiger partial charge in [-0.3, -0.25) is 4.90 Å². The van der Waals surface area contributed by atoms with Crippen molar-refractivity contribution >= 4 is 6.03 Å². The van der Waals surface area contributed by atoms with Crippen molar-refractivity contribution in [2.24, 2.45) is 5.73 Å². The number of carbonyl (C=O) groups excluding carboxylic acids is 1. The van der Waals surface area contributed by atoms with Crippen molar-refractivity contribution in [3.63, 3.8) is 0 Å². The first-order valence-corrected chi connectivity index (χ1v) is 8.74. The van der Waals surface area contributed by atoms with Gasteiger partial charge >= 0.3 is 6.03 Å². The van der Waals surface area contributed by atoms with Crippen molar-refractivity contribution in [2.45, 2.75) is 64.0 Å². The zero-order valence-corrected chi connectivity index (χ0v) is 13.5. The summed E-state index contributed by atoms with van der Waals surface area (Å²) in [5.41, 5.74) is 5.72. The molecule has 21 heavy (non-hydrogen) atoms. The third-order valence-electron chi connectivity index (χ3n) is 4.99. The van der Waals surface area contributed by atoms with Crippen molar-refractivity contribution in [1.82, 2.24) is 15.1 Å². The average Bonchev–Trinajstić information content (AvgIpc) is 2.86. The number of nitrogens with two attached hydrogens (primary N) is 1. The van der Waals surface area contributed by atoms with E-state index in [0.717, 1.165) is 64.8 Å². The maximum Gasteiger partial charge on any atom is 0.317 e. The Morgan fingerprint density at radius 3 is 2.62 bits per heavy atom. The fourth-order valence-electron chi connectivity index (χ4n) is 3.68. The van der Waals surface area contributed by atoms with Gasteiger partial charge in [0.2, 0.25) is 0 Å². The minimum absolute atomic E-state index is 0.149. The summed E-state index contributed by atoms with van der Waals surface area (Å²) in [5.74, 6) is 0. The molecular weight excluding hydrogens is 264 g/mol. The molecule has 2 fully saturated rings. The average molecular weight is 296 g/mol. The molecule has 0 bridgehead atoms. The Kier molecular flexibility index (Phi) is 6.77. The van der Waals surface area contributed by atoms with Crippen LogP contribution in [0.5, 0.6) is 0 Å². The van der Waals surface area contributed by atoms with Crippen LogP contribution in [-0.4, -0.2) is 60.6 Å². The molecule has 0 aromatic heterocycles. The van der Waals surface area contributed by atoms with Gasteiger partial charge in [-0.05, 0) is 38.6 Å². The fraction of sp³-hybridized carbons (Fsp3) is 0.938. The van der Waals surface area contributed by atoms with Gasteiger partial charge in [0.25, 0.3) is 0 Å². The van der Waals surface area contributed by atoms with Crippen molar-refractivity contribution in [3.05, 3.63) is 0 Å². The molecular formula is C16H32N4O. The van der Waals surface area contributed by atoms with Gasteiger partial charge in [0.05, 0.1) is 0 Å². The molecule has 122 valence electrons. The van der Waals surface area contributed by atoms with Crippen LogP contribution in [0.2, 0.25) is 0 Å². The standard InChI is InChI=1S/C16H32N4O/c1-2-15(8-9-17)19-10-5-11-20(13-12-19)16(21)18-14-6-3-4-7-14/h14-15H,2-13,17H2,1H3,(H,18,21). The van der Waals surface area contributed by atoms with Crippen molar-refractivity contribution in [1.29, 1.82) is 0 Å². The Balaban J connectivity index is 1.80. The summed E-state index contributed by atoms with van der Waals surface area (Å²) >= 11 is 0. The van der Waals surface area contributed by atoms with Crippen LogP contribution in [0.4, 0.5) is 4.79 Å². The van der Waals surface area contributed by atoms with Crippen molar-refractivity contribution in [3.8, 4) is 0 Å². The molecule has 1 aliphatic heterocycles. The molecule has 0 radical (unpaired) electrons. The van der Waals surface area contributed by atoms with Gasteiger partial charge in [0.15, 0.2) is 0 Å². The van der Waals surface area contributed by atoms with Crippen LogP contribution in [0, 0.1) is 0 Å². The summed E-state index contributed by atoms with van der Waals surface area (Å²) in [5, 5.41) is 3.21. The lowest BCUT2D eigenvalue weighted by atomic mass is 10.1. The summed E-state index contributed by atoms with van der Waals surface area (Å²) in [6.45, 7) is 6.78. The maximum atomic E-state index is 12.4. The molecule has 0 aromatic rings. The lowest BCUT2D eigenvalue weighted by Gasteiger charge is -2.29. The SMILES string of the molecule is CCC(CCN)N1CCCN(C(=O)NC2CCCC2)CC1. The zero-order chi connectivity index (χ0) is 15.1. The van der Waals surface area contributed by atoms with Crippen LogP contribution in [0.15, 0.2) is 0 Å². The van der Waals surface area contributed by atoms with Crippen molar-refractivity contribution < 1.29 is 4.79 Å². The van der Waals surface area contributed by atoms with Gasteiger partial charge in [-0.2, -0.15) is 0 Å². The molecule has 1 saturated carbocycles. The monoisotopic (exact) mass is 296 g/mol. The second-order valence-electron chi connectivity index (χ2n) is 6.45. The molecule has 1 atom stereocenters. The summed E-state index contributed by atoms with van der Waals surface area (Å²) < 4.78 is 0. The first kappa shape index (κ1) is 16.6. The number of carbonyl (C=O) groups is 1. The number of nitrogens with zero attached hydrogens (tertiary/aromatic N) is 2. The van der Waals surface area contributed by atoms with E-state index in [4.69, 9.17) is 5.73 Å². The van der Waals surface area contributed by atoms with E-state index in [2.05, 4.69) is 17.1 Å². The predicted octanol–water partition coefficient (Wildman–Crippen LogP) is 1.77. The van der Waals surface area contributed by atoms with E-state index in [1.165, 1.54) is 12.8 Å². The second-order valence-corrected chi connectivity index (χ2v) is 6.45. The number of amides is 2. The highest BCUT2D eigenvalue weighted by molar-refractivity contribution is 5.74. The molecule has 2 amide bonds. The van der Waals surface area contributed by atoms with E-state index in [-0.39, 0.29) is 6.03 Å². The Bertz CT molecular complexity index is 317. The molecule has 2 rings (SSSR count). The minimum atomic E-state index is 0.149. The van der Waals surface area contributed by atoms with Gasteiger partial charge < -0.3 is 16.0 Å². The molecule has 1 aliphatic carbocycles. The number of nitrogens with one attached hydrogen (secondary N) is 1. The Morgan fingerprint density at radius 2 is 1.95 bits per heavy atom. The fourth-order valence-corrected chi connectivity index (χ4v) is 3.68. The van der Waals surface area contributed by atoms with Crippen LogP contribution in [0.25, 0.3) is 0 Å². The summed E-state index contributed by atoms with van der Waals surface area (Å²) in [6, 6.07) is 1.14. The lowest BCUT2D eigenvalue weighted by molar-refractivity contribution is 0.178. The van der Waals surface area contributed by atoms with Crippen molar-refractivity contribution in [2.75, 3.05) is 32.7 Å². The van der Waals surface area contributed by atoms with E-state index in [1.54, 1.807) is 0 Å². The summed E-state index contributed by atoms with van der Waals surface area (Å²) in [4.78, 5) is 16.9. The Morgan fingerprint density at radius 1 is 1.19 bits per heavy atom. The molecule has 5 heteroatoms. The molecule has 1 heterocycles. The zero-order valence-electron chi connectivity index (χ0n) is 13.5. The first-order valence-electron chi connectivity index (χ1n) is 8.74. The van der Waals surface area contributed by atoms with Crippen LogP contribution in [0.3, 0.4) is 0 Å². The van der Waals surface area contributed by atoms with Crippen LogP contribution in [-0.2, 0) is 0 Å². The molecule has 0 spiro atoms. The summed E-state index contributed by atoms with van der Waals surface area (Å²) in [6.07, 6.45) is 8.10. The topological polar surface area (TPSA) is 61.6 Å². The van der Waals surface area contributed by atoms with E-state index >= 15 is 0 Å². The third-order valence-corrected chi connectivity index (χ3v) is 4.99. The highest BCUT2D eigenvalue weighted by atomic mass is 16.2. The molecule has 2 aliphatic rings. The summed E-state index contributed by atoms with van der Waals surface area (Å²) in [7, 11) is 0. The van der Waals surface area contributed by atoms with E-state index < -0.39 is 0 Å². The lowest BCUT2D eigenvalue weighted by Crippen LogP contribution is -2.46. The van der Waals surface area contributed by atoms with Gasteiger partial charge in [0.1, 0.15) is 0 Å².